The lowest BCUT2D eigenvalue weighted by molar-refractivity contribution is 0.636. The quantitative estimate of drug-likeness (QED) is 0.623. The predicted octanol–water partition coefficient (Wildman–Crippen LogP) is 4.47. The van der Waals surface area contributed by atoms with Crippen LogP contribution >= 0.6 is 22.9 Å². The molecular formula is C14H11ClFN3S. The first-order valence-corrected chi connectivity index (χ1v) is 7.23. The first-order valence-electron chi connectivity index (χ1n) is 6.04. The number of hydrogen-bond donors (Lipinski definition) is 0. The van der Waals surface area contributed by atoms with Crippen molar-refractivity contribution in [3.63, 3.8) is 0 Å². The number of nitrogens with zero attached hydrogens (tertiary/aromatic N) is 3. The van der Waals surface area contributed by atoms with Crippen LogP contribution in [0.1, 0.15) is 16.3 Å². The number of benzene rings is 1. The van der Waals surface area contributed by atoms with Crippen LogP contribution in [-0.2, 0) is 0 Å². The van der Waals surface area contributed by atoms with Crippen molar-refractivity contribution in [1.29, 1.82) is 0 Å². The number of thiazole rings is 1. The normalized spacial score (nSPS) is 11.2. The van der Waals surface area contributed by atoms with Crippen LogP contribution in [0, 0.1) is 26.6 Å². The van der Waals surface area contributed by atoms with Gasteiger partial charge in [0.15, 0.2) is 5.82 Å². The molecule has 0 atom stereocenters. The zero-order chi connectivity index (χ0) is 14.4. The van der Waals surface area contributed by atoms with Gasteiger partial charge in [0.05, 0.1) is 15.6 Å². The fourth-order valence-corrected chi connectivity index (χ4v) is 3.33. The highest BCUT2D eigenvalue weighted by Crippen LogP contribution is 2.32. The van der Waals surface area contributed by atoms with E-state index in [-0.39, 0.29) is 10.7 Å². The largest absolute Gasteiger partial charge is 0.246 e. The molecule has 6 heteroatoms. The topological polar surface area (TPSA) is 38.7 Å². The monoisotopic (exact) mass is 307 g/mol. The second-order valence-electron chi connectivity index (χ2n) is 4.57. The SMILES string of the molecule is Cc1nc(C)c(-c2nc(Cl)c3c(C)ccc(F)c3n2)s1. The molecule has 20 heavy (non-hydrogen) atoms. The van der Waals surface area contributed by atoms with Gasteiger partial charge in [0.2, 0.25) is 0 Å². The molecule has 3 aromatic rings. The first kappa shape index (κ1) is 13.4. The van der Waals surface area contributed by atoms with Crippen molar-refractivity contribution in [1.82, 2.24) is 15.0 Å². The number of aryl methyl sites for hydroxylation is 3. The molecule has 0 unspecified atom stereocenters. The predicted molar refractivity (Wildman–Crippen MR) is 79.8 cm³/mol. The van der Waals surface area contributed by atoms with Crippen LogP contribution in [0.15, 0.2) is 12.1 Å². The highest BCUT2D eigenvalue weighted by Gasteiger charge is 2.16. The summed E-state index contributed by atoms with van der Waals surface area (Å²) in [6.07, 6.45) is 0. The van der Waals surface area contributed by atoms with Crippen molar-refractivity contribution >= 4 is 33.8 Å². The zero-order valence-corrected chi connectivity index (χ0v) is 12.7. The molecule has 3 nitrogen and oxygen atoms in total. The fourth-order valence-electron chi connectivity index (χ4n) is 2.16. The lowest BCUT2D eigenvalue weighted by Gasteiger charge is -2.06. The van der Waals surface area contributed by atoms with Crippen LogP contribution < -0.4 is 0 Å². The summed E-state index contributed by atoms with van der Waals surface area (Å²) in [5, 5.41) is 1.75. The lowest BCUT2D eigenvalue weighted by atomic mass is 10.1. The van der Waals surface area contributed by atoms with Crippen LogP contribution in [0.5, 0.6) is 0 Å². The summed E-state index contributed by atoms with van der Waals surface area (Å²) in [6.45, 7) is 5.65. The molecule has 0 fully saturated rings. The number of halogens is 2. The minimum atomic E-state index is -0.393. The standard InChI is InChI=1S/C14H11ClFN3S/c1-6-4-5-9(16)11-10(6)13(15)19-14(18-11)12-7(2)17-8(3)20-12/h4-5H,1-3H3. The van der Waals surface area contributed by atoms with Gasteiger partial charge in [-0.25, -0.2) is 19.3 Å². The van der Waals surface area contributed by atoms with Crippen LogP contribution in [0.2, 0.25) is 5.15 Å². The fraction of sp³-hybridized carbons (Fsp3) is 0.214. The number of hydrogen-bond acceptors (Lipinski definition) is 4. The minimum absolute atomic E-state index is 0.255. The maximum absolute atomic E-state index is 14.0. The molecule has 0 aliphatic heterocycles. The minimum Gasteiger partial charge on any atom is -0.246 e. The van der Waals surface area contributed by atoms with E-state index in [1.165, 1.54) is 17.4 Å². The molecule has 0 aliphatic rings. The Balaban J connectivity index is 2.35. The highest BCUT2D eigenvalue weighted by atomic mass is 35.5. The average Bonchev–Trinajstić information content (AvgIpc) is 2.72. The molecule has 2 heterocycles. The third-order valence-corrected chi connectivity index (χ3v) is 4.41. The first-order chi connectivity index (χ1) is 9.47. The Morgan fingerprint density at radius 1 is 1.10 bits per heavy atom. The third-order valence-electron chi connectivity index (χ3n) is 3.07. The Kier molecular flexibility index (Phi) is 3.18. The Morgan fingerprint density at radius 3 is 2.50 bits per heavy atom. The van der Waals surface area contributed by atoms with Gasteiger partial charge in [0.1, 0.15) is 16.5 Å². The molecule has 0 bridgehead atoms. The smallest absolute Gasteiger partial charge is 0.173 e. The van der Waals surface area contributed by atoms with E-state index in [2.05, 4.69) is 15.0 Å². The molecule has 0 spiro atoms. The van der Waals surface area contributed by atoms with Gasteiger partial charge in [-0.3, -0.25) is 0 Å². The Bertz CT molecular complexity index is 829. The summed E-state index contributed by atoms with van der Waals surface area (Å²) in [5.41, 5.74) is 1.94. The summed E-state index contributed by atoms with van der Waals surface area (Å²) in [4.78, 5) is 13.8. The van der Waals surface area contributed by atoms with Crippen molar-refractivity contribution in [2.24, 2.45) is 0 Å². The second kappa shape index (κ2) is 4.75. The molecular weight excluding hydrogens is 297 g/mol. The second-order valence-corrected chi connectivity index (χ2v) is 6.13. The van der Waals surface area contributed by atoms with E-state index in [9.17, 15) is 4.39 Å². The van der Waals surface area contributed by atoms with E-state index in [1.54, 1.807) is 6.07 Å². The molecule has 2 aromatic heterocycles. The third kappa shape index (κ3) is 2.07. The zero-order valence-electron chi connectivity index (χ0n) is 11.2. The van der Waals surface area contributed by atoms with Gasteiger partial charge in [-0.05, 0) is 32.4 Å². The van der Waals surface area contributed by atoms with Crippen LogP contribution in [0.3, 0.4) is 0 Å². The maximum Gasteiger partial charge on any atom is 0.173 e. The summed E-state index contributed by atoms with van der Waals surface area (Å²) >= 11 is 7.69. The van der Waals surface area contributed by atoms with Crippen molar-refractivity contribution in [2.45, 2.75) is 20.8 Å². The van der Waals surface area contributed by atoms with Gasteiger partial charge in [-0.1, -0.05) is 17.7 Å². The molecule has 0 saturated carbocycles. The number of aromatic nitrogens is 3. The van der Waals surface area contributed by atoms with E-state index in [0.717, 1.165) is 21.1 Å². The van der Waals surface area contributed by atoms with Gasteiger partial charge in [-0.15, -0.1) is 11.3 Å². The summed E-state index contributed by atoms with van der Waals surface area (Å²) in [5.74, 6) is 0.0325. The van der Waals surface area contributed by atoms with Crippen LogP contribution in [-0.4, -0.2) is 15.0 Å². The van der Waals surface area contributed by atoms with Crippen LogP contribution in [0.4, 0.5) is 4.39 Å². The van der Waals surface area contributed by atoms with E-state index >= 15 is 0 Å². The molecule has 102 valence electrons. The van der Waals surface area contributed by atoms with Gasteiger partial charge in [0, 0.05) is 5.39 Å². The average molecular weight is 308 g/mol. The van der Waals surface area contributed by atoms with E-state index < -0.39 is 5.82 Å². The highest BCUT2D eigenvalue weighted by molar-refractivity contribution is 7.15. The van der Waals surface area contributed by atoms with Gasteiger partial charge in [-0.2, -0.15) is 0 Å². The maximum atomic E-state index is 14.0. The van der Waals surface area contributed by atoms with Crippen LogP contribution in [0.25, 0.3) is 21.6 Å². The van der Waals surface area contributed by atoms with E-state index in [4.69, 9.17) is 11.6 Å². The number of fused-ring (bicyclic) bond motifs is 1. The molecule has 3 rings (SSSR count). The molecule has 0 amide bonds. The molecule has 1 aromatic carbocycles. The number of rotatable bonds is 1. The van der Waals surface area contributed by atoms with Crippen molar-refractivity contribution < 1.29 is 4.39 Å². The Labute approximate surface area is 124 Å². The van der Waals surface area contributed by atoms with Gasteiger partial charge >= 0.3 is 0 Å². The molecule has 0 aliphatic carbocycles. The van der Waals surface area contributed by atoms with Gasteiger partial charge < -0.3 is 0 Å². The van der Waals surface area contributed by atoms with E-state index in [1.807, 2.05) is 20.8 Å². The van der Waals surface area contributed by atoms with Gasteiger partial charge in [0.25, 0.3) is 0 Å². The Hall–Kier alpha value is -1.59. The van der Waals surface area contributed by atoms with Crippen molar-refractivity contribution in [3.8, 4) is 10.7 Å². The lowest BCUT2D eigenvalue weighted by Crippen LogP contribution is -1.95. The summed E-state index contributed by atoms with van der Waals surface area (Å²) < 4.78 is 14.0. The van der Waals surface area contributed by atoms with Crippen molar-refractivity contribution in [2.75, 3.05) is 0 Å². The molecule has 0 saturated heterocycles. The molecule has 0 N–H and O–H groups in total. The van der Waals surface area contributed by atoms with Crippen molar-refractivity contribution in [3.05, 3.63) is 39.4 Å². The van der Waals surface area contributed by atoms with E-state index in [0.29, 0.717) is 11.2 Å². The molecule has 0 radical (unpaired) electrons. The summed E-state index contributed by atoms with van der Waals surface area (Å²) in [7, 11) is 0. The Morgan fingerprint density at radius 2 is 1.85 bits per heavy atom. The summed E-state index contributed by atoms with van der Waals surface area (Å²) in [6, 6.07) is 3.07.